The highest BCUT2D eigenvalue weighted by Gasteiger charge is 2.44. The van der Waals surface area contributed by atoms with Crippen molar-refractivity contribution in [3.8, 4) is 0 Å². The summed E-state index contributed by atoms with van der Waals surface area (Å²) < 4.78 is 20.1. The smallest absolute Gasteiger partial charge is 0.407 e. The van der Waals surface area contributed by atoms with Crippen molar-refractivity contribution in [2.45, 2.75) is 84.7 Å². The molecule has 0 unspecified atom stereocenters. The van der Waals surface area contributed by atoms with Crippen molar-refractivity contribution in [3.63, 3.8) is 0 Å². The SMILES string of the molecule is CCN1/C(=C/C=C2\CCC(/C=C/C3=[N+](CC)c4ccccc4C3(C)C)=C2OCCCOC(=O)NCc2cccc(CNC(=O)OCC(=O)N(c3ccc(N(C)C)cc3)c3ccc(N(C)C)cc3)c2)C(C)(C)c2ccccc21. The number of ether oxygens (including phenoxy) is 3. The van der Waals surface area contributed by atoms with E-state index in [1.807, 2.05) is 111 Å². The van der Waals surface area contributed by atoms with Crippen molar-refractivity contribution in [1.29, 1.82) is 0 Å². The molecule has 2 N–H and O–H groups in total. The molecule has 3 aliphatic rings. The molecule has 3 amide bonds. The topological polar surface area (TPSA) is 119 Å². The van der Waals surface area contributed by atoms with E-state index < -0.39 is 24.7 Å². The predicted molar refractivity (Wildman–Crippen MR) is 311 cm³/mol. The molecule has 8 rings (SSSR count). The number of benzene rings is 5. The number of hydrogen-bond acceptors (Lipinski definition) is 9. The first-order valence-electron chi connectivity index (χ1n) is 26.9. The number of carbonyl (C=O) groups excluding carboxylic acids is 3. The van der Waals surface area contributed by atoms with Crippen molar-refractivity contribution >= 4 is 57.9 Å². The van der Waals surface area contributed by atoms with Crippen LogP contribution in [0.2, 0.25) is 0 Å². The third-order valence-corrected chi connectivity index (χ3v) is 14.8. The Balaban J connectivity index is 0.847. The molecule has 1 aliphatic carbocycles. The summed E-state index contributed by atoms with van der Waals surface area (Å²) in [4.78, 5) is 47.5. The van der Waals surface area contributed by atoms with Crippen LogP contribution in [0.5, 0.6) is 0 Å². The van der Waals surface area contributed by atoms with Crippen LogP contribution < -0.4 is 30.2 Å². The van der Waals surface area contributed by atoms with Gasteiger partial charge in [0.1, 0.15) is 12.3 Å². The van der Waals surface area contributed by atoms with E-state index in [0.717, 1.165) is 65.3 Å². The number of hydrogen-bond donors (Lipinski definition) is 2. The van der Waals surface area contributed by atoms with E-state index in [2.05, 4.69) is 134 Å². The van der Waals surface area contributed by atoms with Gasteiger partial charge in [0.15, 0.2) is 12.3 Å². The third-order valence-electron chi connectivity index (χ3n) is 14.8. The molecule has 13 nitrogen and oxygen atoms in total. The van der Waals surface area contributed by atoms with Crippen LogP contribution in [0.25, 0.3) is 0 Å². The second kappa shape index (κ2) is 24.3. The van der Waals surface area contributed by atoms with E-state index in [9.17, 15) is 14.4 Å². The predicted octanol–water partition coefficient (Wildman–Crippen LogP) is 12.4. The fourth-order valence-corrected chi connectivity index (χ4v) is 10.7. The zero-order valence-electron chi connectivity index (χ0n) is 46.6. The summed E-state index contributed by atoms with van der Waals surface area (Å²) in [5.74, 6) is 0.488. The molecule has 0 fully saturated rings. The van der Waals surface area contributed by atoms with Gasteiger partial charge in [0.25, 0.3) is 5.91 Å². The summed E-state index contributed by atoms with van der Waals surface area (Å²) in [6.45, 7) is 15.8. The lowest BCUT2D eigenvalue weighted by Gasteiger charge is -2.26. The molecule has 2 heterocycles. The number of nitrogens with zero attached hydrogens (tertiary/aromatic N) is 5. The lowest BCUT2D eigenvalue weighted by molar-refractivity contribution is -0.433. The number of fused-ring (bicyclic) bond motifs is 2. The van der Waals surface area contributed by atoms with Crippen LogP contribution in [0.3, 0.4) is 0 Å². The number of anilines is 5. The average molecular weight is 1040 g/mol. The largest absolute Gasteiger partial charge is 0.493 e. The maximum Gasteiger partial charge on any atom is 0.407 e. The minimum atomic E-state index is -0.730. The van der Waals surface area contributed by atoms with Crippen molar-refractivity contribution in [2.75, 3.05) is 80.7 Å². The fourth-order valence-electron chi connectivity index (χ4n) is 10.7. The molecular formula is C64H76N7O6+. The minimum absolute atomic E-state index is 0.151. The minimum Gasteiger partial charge on any atom is -0.493 e. The van der Waals surface area contributed by atoms with Crippen LogP contribution in [0.4, 0.5) is 43.7 Å². The molecule has 77 heavy (non-hydrogen) atoms. The Morgan fingerprint density at radius 2 is 1.23 bits per heavy atom. The molecule has 0 saturated carbocycles. The summed E-state index contributed by atoms with van der Waals surface area (Å²) in [6, 6.07) is 40.1. The summed E-state index contributed by atoms with van der Waals surface area (Å²) >= 11 is 0. The molecule has 2 aliphatic heterocycles. The van der Waals surface area contributed by atoms with Crippen LogP contribution in [0, 0.1) is 0 Å². The molecular weight excluding hydrogens is 963 g/mol. The zero-order valence-corrected chi connectivity index (χ0v) is 46.6. The summed E-state index contributed by atoms with van der Waals surface area (Å²) in [5, 5.41) is 5.60. The molecule has 0 atom stereocenters. The molecule has 5 aromatic rings. The highest BCUT2D eigenvalue weighted by Crippen LogP contribution is 2.48. The van der Waals surface area contributed by atoms with Crippen LogP contribution in [0.1, 0.15) is 83.1 Å². The average Bonchev–Trinajstić information content (AvgIpc) is 4.11. The Morgan fingerprint density at radius 1 is 0.649 bits per heavy atom. The quantitative estimate of drug-likeness (QED) is 0.0580. The van der Waals surface area contributed by atoms with Gasteiger partial charge in [-0.25, -0.2) is 9.59 Å². The molecule has 402 valence electrons. The summed E-state index contributed by atoms with van der Waals surface area (Å²) in [7, 11) is 7.81. The van der Waals surface area contributed by atoms with Crippen molar-refractivity contribution in [2.24, 2.45) is 0 Å². The van der Waals surface area contributed by atoms with Gasteiger partial charge in [-0.1, -0.05) is 80.6 Å². The van der Waals surface area contributed by atoms with E-state index in [0.29, 0.717) is 24.4 Å². The maximum atomic E-state index is 13.7. The fraction of sp³-hybridized carbons (Fsp3) is 0.344. The highest BCUT2D eigenvalue weighted by molar-refractivity contribution is 6.03. The Labute approximate surface area is 455 Å². The number of rotatable bonds is 20. The van der Waals surface area contributed by atoms with Crippen LogP contribution in [0.15, 0.2) is 168 Å². The van der Waals surface area contributed by atoms with Crippen LogP contribution in [-0.4, -0.2) is 89.5 Å². The monoisotopic (exact) mass is 1040 g/mol. The van der Waals surface area contributed by atoms with Crippen molar-refractivity contribution in [1.82, 2.24) is 10.6 Å². The molecule has 0 saturated heterocycles. The lowest BCUT2D eigenvalue weighted by Crippen LogP contribution is -2.33. The Bertz CT molecular complexity index is 3060. The van der Waals surface area contributed by atoms with E-state index in [4.69, 9.17) is 14.2 Å². The van der Waals surface area contributed by atoms with Gasteiger partial charge >= 0.3 is 12.2 Å². The van der Waals surface area contributed by atoms with Gasteiger partial charge in [0.2, 0.25) is 5.69 Å². The van der Waals surface area contributed by atoms with Gasteiger partial charge in [0, 0.05) is 112 Å². The van der Waals surface area contributed by atoms with Crippen LogP contribution >= 0.6 is 0 Å². The number of likely N-dealkylation sites (N-methyl/N-ethyl adjacent to an activating group) is 1. The van der Waals surface area contributed by atoms with Gasteiger partial charge in [-0.15, -0.1) is 0 Å². The van der Waals surface area contributed by atoms with Gasteiger partial charge < -0.3 is 39.5 Å². The Hall–Kier alpha value is -8.06. The Morgan fingerprint density at radius 3 is 1.84 bits per heavy atom. The third kappa shape index (κ3) is 12.5. The van der Waals surface area contributed by atoms with Gasteiger partial charge in [-0.2, -0.15) is 4.58 Å². The number of amides is 3. The number of alkyl carbamates (subject to hydrolysis) is 2. The number of carbonyl (C=O) groups is 3. The Kier molecular flexibility index (Phi) is 17.4. The van der Waals surface area contributed by atoms with E-state index in [1.165, 1.54) is 33.9 Å². The molecule has 0 bridgehead atoms. The molecule has 13 heteroatoms. The van der Waals surface area contributed by atoms with E-state index >= 15 is 0 Å². The van der Waals surface area contributed by atoms with Gasteiger partial charge in [0.05, 0.1) is 18.6 Å². The van der Waals surface area contributed by atoms with E-state index in [-0.39, 0.29) is 30.5 Å². The summed E-state index contributed by atoms with van der Waals surface area (Å²) in [6.07, 6.45) is 10.0. The van der Waals surface area contributed by atoms with Gasteiger partial charge in [-0.3, -0.25) is 9.69 Å². The second-order valence-corrected chi connectivity index (χ2v) is 21.1. The maximum absolute atomic E-state index is 13.7. The first-order valence-corrected chi connectivity index (χ1v) is 26.9. The lowest BCUT2D eigenvalue weighted by atomic mass is 9.81. The first kappa shape index (κ1) is 55.2. The standard InChI is InChI=1S/C64H75N7O6/c1-11-69-55-23-15-13-21-53(55)63(3,4)57(69)37-27-47-25-26-48(28-38-58-64(5,6)54-22-14-16-24-56(54)70(58)12-2)60(47)75-39-18-40-76-61(73)65-42-45-19-17-20-46(41-45)43-66-62(74)77-44-59(72)71(51-33-29-49(30-34-51)67(7)8)52-35-31-50(32-36-52)68(9)10/h13-17,19-24,27-38,41H,11-12,18,25-26,39-40,42-44H2,1-10H3,(H-,65,66,73,74)/p+1. The highest BCUT2D eigenvalue weighted by atomic mass is 16.6. The van der Waals surface area contributed by atoms with Crippen molar-refractivity contribution < 1.29 is 33.2 Å². The van der Waals surface area contributed by atoms with Crippen LogP contribution in [-0.2, 0) is 42.9 Å². The first-order chi connectivity index (χ1) is 37.0. The molecule has 0 spiro atoms. The molecule has 0 radical (unpaired) electrons. The number of para-hydroxylation sites is 2. The molecule has 0 aromatic heterocycles. The van der Waals surface area contributed by atoms with E-state index in [1.54, 1.807) is 4.90 Å². The second-order valence-electron chi connectivity index (χ2n) is 21.1. The summed E-state index contributed by atoms with van der Waals surface area (Å²) in [5.41, 5.74) is 14.6. The normalized spacial score (nSPS) is 16.2. The van der Waals surface area contributed by atoms with Gasteiger partial charge in [-0.05, 0) is 135 Å². The molecule has 5 aromatic carbocycles. The number of nitrogens with one attached hydrogen (secondary N) is 2. The van der Waals surface area contributed by atoms with Crippen molar-refractivity contribution in [3.05, 3.63) is 190 Å². The zero-order chi connectivity index (χ0) is 54.9. The number of allylic oxidation sites excluding steroid dienone is 7.